The molecule has 0 saturated carbocycles. The summed E-state index contributed by atoms with van der Waals surface area (Å²) in [6.07, 6.45) is 0.277. The smallest absolute Gasteiger partial charge is 0.219 e. The quantitative estimate of drug-likeness (QED) is 0.651. The van der Waals surface area contributed by atoms with Gasteiger partial charge in [0.2, 0.25) is 5.91 Å². The molecule has 5 nitrogen and oxygen atoms in total. The van der Waals surface area contributed by atoms with E-state index in [4.69, 9.17) is 16.2 Å². The number of nitrogens with two attached hydrogens (primary N) is 2. The molecule has 0 aliphatic rings. The van der Waals surface area contributed by atoms with E-state index >= 15 is 0 Å². The molecule has 1 unspecified atom stereocenters. The number of rotatable bonds is 6. The number of hydrogen-bond acceptors (Lipinski definition) is 4. The number of ether oxygens (including phenoxy) is 1. The third kappa shape index (κ3) is 4.63. The third-order valence-electron chi connectivity index (χ3n) is 2.16. The fraction of sp³-hybridized carbons (Fsp3) is 0.417. The van der Waals surface area contributed by atoms with E-state index in [1.165, 1.54) is 0 Å². The van der Waals surface area contributed by atoms with E-state index in [1.807, 2.05) is 19.9 Å². The van der Waals surface area contributed by atoms with Gasteiger partial charge in [-0.05, 0) is 19.9 Å². The van der Waals surface area contributed by atoms with E-state index in [2.05, 4.69) is 5.32 Å². The molecule has 17 heavy (non-hydrogen) atoms. The van der Waals surface area contributed by atoms with Crippen LogP contribution in [-0.2, 0) is 4.79 Å². The molecular formula is C12H19N3O2. The minimum absolute atomic E-state index is 0.0382. The van der Waals surface area contributed by atoms with Crippen LogP contribution in [0.2, 0.25) is 0 Å². The van der Waals surface area contributed by atoms with Gasteiger partial charge >= 0.3 is 0 Å². The number of primary amides is 1. The highest BCUT2D eigenvalue weighted by Crippen LogP contribution is 2.23. The summed E-state index contributed by atoms with van der Waals surface area (Å²) in [5.41, 5.74) is 12.3. The highest BCUT2D eigenvalue weighted by Gasteiger charge is 2.07. The van der Waals surface area contributed by atoms with Crippen LogP contribution in [0.3, 0.4) is 0 Å². The first-order valence-corrected chi connectivity index (χ1v) is 5.59. The molecule has 5 N–H and O–H groups in total. The van der Waals surface area contributed by atoms with Crippen LogP contribution in [0.25, 0.3) is 0 Å². The Morgan fingerprint density at radius 2 is 2.18 bits per heavy atom. The van der Waals surface area contributed by atoms with Gasteiger partial charge in [0.1, 0.15) is 5.75 Å². The molecule has 1 aromatic carbocycles. The Morgan fingerprint density at radius 1 is 1.47 bits per heavy atom. The zero-order valence-electron chi connectivity index (χ0n) is 10.2. The van der Waals surface area contributed by atoms with Crippen LogP contribution in [-0.4, -0.2) is 18.6 Å². The lowest BCUT2D eigenvalue weighted by atomic mass is 10.2. The van der Waals surface area contributed by atoms with Gasteiger partial charge in [-0.1, -0.05) is 0 Å². The lowest BCUT2D eigenvalue weighted by Gasteiger charge is -2.15. The number of carbonyl (C=O) groups excluding carboxylic acids is 1. The van der Waals surface area contributed by atoms with E-state index in [0.717, 1.165) is 5.69 Å². The van der Waals surface area contributed by atoms with Crippen LogP contribution in [0.5, 0.6) is 5.75 Å². The molecule has 1 amide bonds. The fourth-order valence-corrected chi connectivity index (χ4v) is 1.59. The standard InChI is InChI=1S/C12H19N3O2/c1-3-17-11-6-9(13)5-10(7-11)15-8(2)4-12(14)16/h5-8,15H,3-4,13H2,1-2H3,(H2,14,16). The summed E-state index contributed by atoms with van der Waals surface area (Å²) in [5, 5.41) is 3.15. The van der Waals surface area contributed by atoms with Crippen molar-refractivity contribution in [1.82, 2.24) is 0 Å². The van der Waals surface area contributed by atoms with Crippen LogP contribution in [0.1, 0.15) is 20.3 Å². The van der Waals surface area contributed by atoms with Gasteiger partial charge in [0.05, 0.1) is 6.61 Å². The molecule has 1 rings (SSSR count). The summed E-state index contributed by atoms with van der Waals surface area (Å²) in [5.74, 6) is 0.375. The number of hydrogen-bond donors (Lipinski definition) is 3. The van der Waals surface area contributed by atoms with Gasteiger partial charge in [-0.3, -0.25) is 4.79 Å². The van der Waals surface area contributed by atoms with Crippen molar-refractivity contribution in [3.63, 3.8) is 0 Å². The Morgan fingerprint density at radius 3 is 2.76 bits per heavy atom. The van der Waals surface area contributed by atoms with Crippen molar-refractivity contribution in [2.75, 3.05) is 17.7 Å². The molecule has 0 radical (unpaired) electrons. The second-order valence-electron chi connectivity index (χ2n) is 3.94. The van der Waals surface area contributed by atoms with Crippen LogP contribution in [0, 0.1) is 0 Å². The first-order chi connectivity index (χ1) is 8.01. The van der Waals surface area contributed by atoms with Gasteiger partial charge in [-0.2, -0.15) is 0 Å². The van der Waals surface area contributed by atoms with Gasteiger partial charge < -0.3 is 21.5 Å². The molecule has 0 spiro atoms. The summed E-state index contributed by atoms with van der Waals surface area (Å²) in [4.78, 5) is 10.8. The van der Waals surface area contributed by atoms with Crippen molar-refractivity contribution in [1.29, 1.82) is 0 Å². The van der Waals surface area contributed by atoms with Gasteiger partial charge in [0.15, 0.2) is 0 Å². The molecule has 0 fully saturated rings. The van der Waals surface area contributed by atoms with Crippen molar-refractivity contribution in [3.05, 3.63) is 18.2 Å². The fourth-order valence-electron chi connectivity index (χ4n) is 1.59. The van der Waals surface area contributed by atoms with Crippen molar-refractivity contribution >= 4 is 17.3 Å². The Labute approximate surface area is 101 Å². The predicted molar refractivity (Wildman–Crippen MR) is 68.9 cm³/mol. The molecule has 94 valence electrons. The summed E-state index contributed by atoms with van der Waals surface area (Å²) in [6, 6.07) is 5.36. The van der Waals surface area contributed by atoms with Crippen molar-refractivity contribution in [2.24, 2.45) is 5.73 Å². The summed E-state index contributed by atoms with van der Waals surface area (Å²) in [7, 11) is 0. The highest BCUT2D eigenvalue weighted by molar-refractivity contribution is 5.75. The number of benzene rings is 1. The summed E-state index contributed by atoms with van der Waals surface area (Å²) in [6.45, 7) is 4.38. The van der Waals surface area contributed by atoms with E-state index in [0.29, 0.717) is 18.0 Å². The lowest BCUT2D eigenvalue weighted by Crippen LogP contribution is -2.24. The van der Waals surface area contributed by atoms with E-state index in [1.54, 1.807) is 12.1 Å². The van der Waals surface area contributed by atoms with Crippen molar-refractivity contribution < 1.29 is 9.53 Å². The average Bonchev–Trinajstić information content (AvgIpc) is 2.14. The maximum absolute atomic E-state index is 10.8. The molecule has 0 aromatic heterocycles. The second kappa shape index (κ2) is 5.98. The Kier molecular flexibility index (Phi) is 4.63. The predicted octanol–water partition coefficient (Wildman–Crippen LogP) is 1.34. The first-order valence-electron chi connectivity index (χ1n) is 5.59. The topological polar surface area (TPSA) is 90.4 Å². The summed E-state index contributed by atoms with van der Waals surface area (Å²) < 4.78 is 5.38. The number of carbonyl (C=O) groups is 1. The molecule has 5 heteroatoms. The number of anilines is 2. The normalized spacial score (nSPS) is 11.9. The maximum atomic E-state index is 10.8. The van der Waals surface area contributed by atoms with E-state index in [9.17, 15) is 4.79 Å². The molecule has 1 aromatic rings. The monoisotopic (exact) mass is 237 g/mol. The number of nitrogen functional groups attached to an aromatic ring is 1. The third-order valence-corrected chi connectivity index (χ3v) is 2.16. The molecule has 0 heterocycles. The average molecular weight is 237 g/mol. The molecule has 1 atom stereocenters. The molecule has 0 aliphatic heterocycles. The van der Waals surface area contributed by atoms with Gasteiger partial charge in [-0.25, -0.2) is 0 Å². The van der Waals surface area contributed by atoms with Crippen LogP contribution in [0.15, 0.2) is 18.2 Å². The van der Waals surface area contributed by atoms with Gasteiger partial charge in [-0.15, -0.1) is 0 Å². The Balaban J connectivity index is 2.72. The van der Waals surface area contributed by atoms with Gasteiger partial charge in [0.25, 0.3) is 0 Å². The molecule has 0 aliphatic carbocycles. The molecule has 0 saturated heterocycles. The van der Waals surface area contributed by atoms with Crippen LogP contribution < -0.4 is 21.5 Å². The van der Waals surface area contributed by atoms with Crippen molar-refractivity contribution in [2.45, 2.75) is 26.3 Å². The largest absolute Gasteiger partial charge is 0.494 e. The number of amides is 1. The minimum Gasteiger partial charge on any atom is -0.494 e. The van der Waals surface area contributed by atoms with E-state index in [-0.39, 0.29) is 18.4 Å². The maximum Gasteiger partial charge on any atom is 0.219 e. The first kappa shape index (κ1) is 13.2. The van der Waals surface area contributed by atoms with E-state index < -0.39 is 0 Å². The zero-order chi connectivity index (χ0) is 12.8. The zero-order valence-corrected chi connectivity index (χ0v) is 10.2. The second-order valence-corrected chi connectivity index (χ2v) is 3.94. The lowest BCUT2D eigenvalue weighted by molar-refractivity contribution is -0.118. The summed E-state index contributed by atoms with van der Waals surface area (Å²) >= 11 is 0. The minimum atomic E-state index is -0.334. The highest BCUT2D eigenvalue weighted by atomic mass is 16.5. The SMILES string of the molecule is CCOc1cc(N)cc(NC(C)CC(N)=O)c1. The Bertz CT molecular complexity index is 393. The number of nitrogens with one attached hydrogen (secondary N) is 1. The van der Waals surface area contributed by atoms with Gasteiger partial charge in [0, 0.05) is 36.0 Å². The molecular weight excluding hydrogens is 218 g/mol. The van der Waals surface area contributed by atoms with Crippen LogP contribution >= 0.6 is 0 Å². The molecule has 0 bridgehead atoms. The van der Waals surface area contributed by atoms with Crippen LogP contribution in [0.4, 0.5) is 11.4 Å². The Hall–Kier alpha value is -1.91. The van der Waals surface area contributed by atoms with Crippen molar-refractivity contribution in [3.8, 4) is 5.75 Å².